The van der Waals surface area contributed by atoms with Crippen LogP contribution in [0.4, 0.5) is 5.82 Å². The monoisotopic (exact) mass is 293 g/mol. The molecule has 0 aliphatic rings. The second kappa shape index (κ2) is 6.26. The second-order valence-corrected chi connectivity index (χ2v) is 5.83. The summed E-state index contributed by atoms with van der Waals surface area (Å²) in [7, 11) is 0. The van der Waals surface area contributed by atoms with Crippen LogP contribution in [0.1, 0.15) is 30.9 Å². The SMILES string of the molecule is CC(C)c1c(N)nc(SCc2ccccc2)nc1Cl. The highest BCUT2D eigenvalue weighted by Gasteiger charge is 2.14. The number of aromatic nitrogens is 2. The van der Waals surface area contributed by atoms with Gasteiger partial charge in [0, 0.05) is 11.3 Å². The molecule has 0 amide bonds. The number of nitrogens with two attached hydrogens (primary N) is 1. The fourth-order valence-corrected chi connectivity index (χ4v) is 3.01. The van der Waals surface area contributed by atoms with Gasteiger partial charge in [-0.2, -0.15) is 0 Å². The first-order valence-electron chi connectivity index (χ1n) is 6.07. The van der Waals surface area contributed by atoms with Crippen molar-refractivity contribution in [1.82, 2.24) is 9.97 Å². The summed E-state index contributed by atoms with van der Waals surface area (Å²) < 4.78 is 0. The Labute approximate surface area is 122 Å². The van der Waals surface area contributed by atoms with E-state index in [1.807, 2.05) is 32.0 Å². The average molecular weight is 294 g/mol. The van der Waals surface area contributed by atoms with E-state index in [2.05, 4.69) is 22.1 Å². The number of halogens is 1. The molecular weight excluding hydrogens is 278 g/mol. The molecule has 1 aromatic carbocycles. The predicted molar refractivity (Wildman–Crippen MR) is 81.5 cm³/mol. The Balaban J connectivity index is 2.14. The van der Waals surface area contributed by atoms with E-state index < -0.39 is 0 Å². The number of nitrogen functional groups attached to an aromatic ring is 1. The lowest BCUT2D eigenvalue weighted by molar-refractivity contribution is 0.829. The second-order valence-electron chi connectivity index (χ2n) is 4.52. The molecule has 0 aliphatic heterocycles. The molecule has 0 saturated heterocycles. The molecular formula is C14H16ClN3S. The Morgan fingerprint density at radius 3 is 2.47 bits per heavy atom. The molecule has 2 rings (SSSR count). The van der Waals surface area contributed by atoms with Crippen molar-refractivity contribution in [3.05, 3.63) is 46.6 Å². The predicted octanol–water partition coefficient (Wildman–Crippen LogP) is 4.13. The lowest BCUT2D eigenvalue weighted by atomic mass is 10.1. The van der Waals surface area contributed by atoms with E-state index in [-0.39, 0.29) is 5.92 Å². The van der Waals surface area contributed by atoms with Gasteiger partial charge in [-0.15, -0.1) is 0 Å². The van der Waals surface area contributed by atoms with Crippen LogP contribution in [0, 0.1) is 0 Å². The Hall–Kier alpha value is -1.26. The summed E-state index contributed by atoms with van der Waals surface area (Å²) in [5.41, 5.74) is 7.99. The largest absolute Gasteiger partial charge is 0.383 e. The lowest BCUT2D eigenvalue weighted by Gasteiger charge is -2.11. The number of nitrogens with zero attached hydrogens (tertiary/aromatic N) is 2. The zero-order valence-corrected chi connectivity index (χ0v) is 12.5. The molecule has 0 bridgehead atoms. The maximum absolute atomic E-state index is 6.17. The lowest BCUT2D eigenvalue weighted by Crippen LogP contribution is -2.04. The van der Waals surface area contributed by atoms with Crippen molar-refractivity contribution in [2.75, 3.05) is 5.73 Å². The van der Waals surface area contributed by atoms with Gasteiger partial charge in [-0.1, -0.05) is 67.5 Å². The third-order valence-corrected chi connectivity index (χ3v) is 3.90. The average Bonchev–Trinajstić information content (AvgIpc) is 2.36. The van der Waals surface area contributed by atoms with E-state index in [9.17, 15) is 0 Å². The first-order valence-corrected chi connectivity index (χ1v) is 7.44. The number of benzene rings is 1. The van der Waals surface area contributed by atoms with Crippen LogP contribution < -0.4 is 5.73 Å². The van der Waals surface area contributed by atoms with E-state index in [1.54, 1.807) is 0 Å². The van der Waals surface area contributed by atoms with Gasteiger partial charge in [0.1, 0.15) is 11.0 Å². The third-order valence-electron chi connectivity index (χ3n) is 2.70. The quantitative estimate of drug-likeness (QED) is 0.523. The van der Waals surface area contributed by atoms with Crippen molar-refractivity contribution in [1.29, 1.82) is 0 Å². The van der Waals surface area contributed by atoms with Gasteiger partial charge in [-0.25, -0.2) is 9.97 Å². The van der Waals surface area contributed by atoms with Gasteiger partial charge >= 0.3 is 0 Å². The molecule has 2 N–H and O–H groups in total. The smallest absolute Gasteiger partial charge is 0.191 e. The van der Waals surface area contributed by atoms with E-state index in [4.69, 9.17) is 17.3 Å². The van der Waals surface area contributed by atoms with Gasteiger partial charge in [0.2, 0.25) is 0 Å². The molecule has 1 aromatic heterocycles. The number of rotatable bonds is 4. The van der Waals surface area contributed by atoms with Crippen LogP contribution in [0.5, 0.6) is 0 Å². The van der Waals surface area contributed by atoms with Crippen molar-refractivity contribution in [3.8, 4) is 0 Å². The van der Waals surface area contributed by atoms with Crippen LogP contribution in [0.2, 0.25) is 5.15 Å². The van der Waals surface area contributed by atoms with E-state index in [1.165, 1.54) is 17.3 Å². The number of hydrogen-bond donors (Lipinski definition) is 1. The molecule has 19 heavy (non-hydrogen) atoms. The normalized spacial score (nSPS) is 10.9. The van der Waals surface area contributed by atoms with Crippen LogP contribution >= 0.6 is 23.4 Å². The minimum absolute atomic E-state index is 0.223. The van der Waals surface area contributed by atoms with E-state index in [0.29, 0.717) is 16.1 Å². The summed E-state index contributed by atoms with van der Waals surface area (Å²) in [5.74, 6) is 1.50. The van der Waals surface area contributed by atoms with Gasteiger partial charge in [0.15, 0.2) is 5.16 Å². The molecule has 3 nitrogen and oxygen atoms in total. The van der Waals surface area contributed by atoms with E-state index >= 15 is 0 Å². The number of hydrogen-bond acceptors (Lipinski definition) is 4. The highest BCUT2D eigenvalue weighted by Crippen LogP contribution is 2.30. The van der Waals surface area contributed by atoms with Crippen molar-refractivity contribution in [2.45, 2.75) is 30.7 Å². The third kappa shape index (κ3) is 3.61. The van der Waals surface area contributed by atoms with Crippen LogP contribution in [-0.2, 0) is 5.75 Å². The van der Waals surface area contributed by atoms with Gasteiger partial charge in [0.25, 0.3) is 0 Å². The topological polar surface area (TPSA) is 51.8 Å². The van der Waals surface area contributed by atoms with Crippen molar-refractivity contribution in [2.24, 2.45) is 0 Å². The molecule has 2 aromatic rings. The maximum atomic E-state index is 6.17. The summed E-state index contributed by atoms with van der Waals surface area (Å²) in [5, 5.41) is 1.08. The Kier molecular flexibility index (Phi) is 4.66. The molecule has 5 heteroatoms. The molecule has 0 radical (unpaired) electrons. The van der Waals surface area contributed by atoms with Crippen LogP contribution in [0.3, 0.4) is 0 Å². The zero-order chi connectivity index (χ0) is 13.8. The fourth-order valence-electron chi connectivity index (χ4n) is 1.76. The van der Waals surface area contributed by atoms with Gasteiger partial charge < -0.3 is 5.73 Å². The standard InChI is InChI=1S/C14H16ClN3S/c1-9(2)11-12(15)17-14(18-13(11)16)19-8-10-6-4-3-5-7-10/h3-7,9H,8H2,1-2H3,(H2,16,17,18). The van der Waals surface area contributed by atoms with Gasteiger partial charge in [0.05, 0.1) is 0 Å². The molecule has 0 fully saturated rings. The molecule has 0 spiro atoms. The first kappa shape index (κ1) is 14.2. The minimum Gasteiger partial charge on any atom is -0.383 e. The van der Waals surface area contributed by atoms with Crippen LogP contribution in [0.25, 0.3) is 0 Å². The fraction of sp³-hybridized carbons (Fsp3) is 0.286. The Morgan fingerprint density at radius 2 is 1.89 bits per heavy atom. The van der Waals surface area contributed by atoms with Crippen LogP contribution in [-0.4, -0.2) is 9.97 Å². The molecule has 0 unspecified atom stereocenters. The molecule has 0 aliphatic carbocycles. The zero-order valence-electron chi connectivity index (χ0n) is 10.9. The van der Waals surface area contributed by atoms with Crippen molar-refractivity contribution < 1.29 is 0 Å². The maximum Gasteiger partial charge on any atom is 0.191 e. The highest BCUT2D eigenvalue weighted by atomic mass is 35.5. The Bertz CT molecular complexity index is 535. The summed E-state index contributed by atoms with van der Waals surface area (Å²) in [4.78, 5) is 8.62. The number of thioether (sulfide) groups is 1. The first-order chi connectivity index (χ1) is 9.08. The minimum atomic E-state index is 0.223. The van der Waals surface area contributed by atoms with Crippen LogP contribution in [0.15, 0.2) is 35.5 Å². The van der Waals surface area contributed by atoms with Gasteiger partial charge in [-0.3, -0.25) is 0 Å². The van der Waals surface area contributed by atoms with Gasteiger partial charge in [-0.05, 0) is 11.5 Å². The van der Waals surface area contributed by atoms with Crippen molar-refractivity contribution in [3.63, 3.8) is 0 Å². The number of anilines is 1. The molecule has 100 valence electrons. The summed E-state index contributed by atoms with van der Waals surface area (Å²) in [6.45, 7) is 4.05. The van der Waals surface area contributed by atoms with Crippen molar-refractivity contribution >= 4 is 29.2 Å². The summed E-state index contributed by atoms with van der Waals surface area (Å²) >= 11 is 7.70. The van der Waals surface area contributed by atoms with E-state index in [0.717, 1.165) is 11.3 Å². The molecule has 0 saturated carbocycles. The molecule has 1 heterocycles. The summed E-state index contributed by atoms with van der Waals surface area (Å²) in [6.07, 6.45) is 0. The highest BCUT2D eigenvalue weighted by molar-refractivity contribution is 7.98. The Morgan fingerprint density at radius 1 is 1.21 bits per heavy atom. The summed E-state index contributed by atoms with van der Waals surface area (Å²) in [6, 6.07) is 10.2. The molecule has 0 atom stereocenters.